The van der Waals surface area contributed by atoms with E-state index in [9.17, 15) is 4.39 Å². The van der Waals surface area contributed by atoms with Gasteiger partial charge in [0.1, 0.15) is 5.82 Å². The van der Waals surface area contributed by atoms with Crippen molar-refractivity contribution in [1.29, 1.82) is 0 Å². The van der Waals surface area contributed by atoms with Crippen molar-refractivity contribution in [3.05, 3.63) is 34.6 Å². The number of likely N-dealkylation sites (N-methyl/N-ethyl adjacent to an activating group) is 1. The maximum Gasteiger partial charge on any atom is 0.142 e. The second-order valence-electron chi connectivity index (χ2n) is 3.54. The molecule has 0 aliphatic heterocycles. The molecule has 0 heterocycles. The zero-order chi connectivity index (χ0) is 10.7. The Morgan fingerprint density at radius 2 is 2.14 bits per heavy atom. The van der Waals surface area contributed by atoms with Crippen molar-refractivity contribution >= 4 is 11.6 Å². The first-order chi connectivity index (χ1) is 6.50. The fourth-order valence-corrected chi connectivity index (χ4v) is 1.36. The van der Waals surface area contributed by atoms with Crippen molar-refractivity contribution < 1.29 is 4.39 Å². The number of halogens is 2. The Morgan fingerprint density at radius 3 is 2.64 bits per heavy atom. The molecule has 2 nitrogen and oxygen atoms in total. The van der Waals surface area contributed by atoms with E-state index < -0.39 is 5.82 Å². The van der Waals surface area contributed by atoms with Crippen LogP contribution >= 0.6 is 11.6 Å². The Labute approximate surface area is 88.5 Å². The van der Waals surface area contributed by atoms with Gasteiger partial charge in [0.15, 0.2) is 0 Å². The average molecular weight is 217 g/mol. The van der Waals surface area contributed by atoms with Crippen LogP contribution in [0.1, 0.15) is 11.6 Å². The van der Waals surface area contributed by atoms with Crippen LogP contribution in [0, 0.1) is 5.82 Å². The van der Waals surface area contributed by atoms with Gasteiger partial charge in [0.25, 0.3) is 0 Å². The lowest BCUT2D eigenvalue weighted by atomic mass is 10.1. The van der Waals surface area contributed by atoms with Gasteiger partial charge in [-0.05, 0) is 31.8 Å². The van der Waals surface area contributed by atoms with Crippen LogP contribution in [0.25, 0.3) is 0 Å². The number of hydrogen-bond donors (Lipinski definition) is 1. The second kappa shape index (κ2) is 4.73. The first kappa shape index (κ1) is 11.4. The molecule has 14 heavy (non-hydrogen) atoms. The van der Waals surface area contributed by atoms with Crippen LogP contribution in [0.2, 0.25) is 5.02 Å². The molecular formula is C10H14ClFN2. The van der Waals surface area contributed by atoms with Crippen LogP contribution in [0.5, 0.6) is 0 Å². The van der Waals surface area contributed by atoms with E-state index in [0.717, 1.165) is 5.56 Å². The first-order valence-corrected chi connectivity index (χ1v) is 4.73. The molecule has 1 rings (SSSR count). The Kier molecular flexibility index (Phi) is 3.86. The van der Waals surface area contributed by atoms with Gasteiger partial charge in [-0.2, -0.15) is 0 Å². The molecule has 4 heteroatoms. The summed E-state index contributed by atoms with van der Waals surface area (Å²) in [5, 5.41) is 0.130. The molecule has 78 valence electrons. The largest absolute Gasteiger partial charge is 0.323 e. The Bertz CT molecular complexity index is 315. The van der Waals surface area contributed by atoms with Crippen LogP contribution in [0.15, 0.2) is 18.2 Å². The fourth-order valence-electron chi connectivity index (χ4n) is 1.24. The fraction of sp³-hybridized carbons (Fsp3) is 0.400. The maximum atomic E-state index is 13.1. The summed E-state index contributed by atoms with van der Waals surface area (Å²) in [5.41, 5.74) is 6.63. The van der Waals surface area contributed by atoms with Gasteiger partial charge < -0.3 is 10.6 Å². The summed E-state index contributed by atoms with van der Waals surface area (Å²) in [5.74, 6) is -0.418. The molecule has 0 aliphatic carbocycles. The molecule has 1 aromatic rings. The van der Waals surface area contributed by atoms with Crippen LogP contribution in [0.3, 0.4) is 0 Å². The van der Waals surface area contributed by atoms with Gasteiger partial charge in [-0.1, -0.05) is 17.7 Å². The lowest BCUT2D eigenvalue weighted by Crippen LogP contribution is -2.26. The van der Waals surface area contributed by atoms with Crippen LogP contribution in [-0.4, -0.2) is 25.5 Å². The summed E-state index contributed by atoms with van der Waals surface area (Å²) in [4.78, 5) is 1.96. The molecule has 1 aromatic carbocycles. The standard InChI is InChI=1S/C10H14ClFN2/c1-14(2)6-10(13)7-3-4-8(11)9(12)5-7/h3-5,10H,6,13H2,1-2H3. The molecule has 0 saturated heterocycles. The zero-order valence-corrected chi connectivity index (χ0v) is 9.05. The van der Waals surface area contributed by atoms with Crippen molar-refractivity contribution in [2.24, 2.45) is 5.73 Å². The van der Waals surface area contributed by atoms with Crippen molar-refractivity contribution in [3.63, 3.8) is 0 Å². The third kappa shape index (κ3) is 2.94. The SMILES string of the molecule is CN(C)CC(N)c1ccc(Cl)c(F)c1. The van der Waals surface area contributed by atoms with Gasteiger partial charge in [-0.3, -0.25) is 0 Å². The molecule has 0 aliphatic rings. The van der Waals surface area contributed by atoms with Crippen molar-refractivity contribution in [3.8, 4) is 0 Å². The summed E-state index contributed by atoms with van der Waals surface area (Å²) in [6.45, 7) is 0.682. The maximum absolute atomic E-state index is 13.1. The number of nitrogens with zero attached hydrogens (tertiary/aromatic N) is 1. The summed E-state index contributed by atoms with van der Waals surface area (Å²) in [6, 6.07) is 4.48. The quantitative estimate of drug-likeness (QED) is 0.838. The summed E-state index contributed by atoms with van der Waals surface area (Å²) in [7, 11) is 3.85. The van der Waals surface area contributed by atoms with Gasteiger partial charge in [0.05, 0.1) is 5.02 Å². The van der Waals surface area contributed by atoms with Crippen LogP contribution < -0.4 is 5.73 Å². The third-order valence-electron chi connectivity index (χ3n) is 1.93. The van der Waals surface area contributed by atoms with Crippen LogP contribution in [0.4, 0.5) is 4.39 Å². The molecule has 0 aromatic heterocycles. The minimum Gasteiger partial charge on any atom is -0.323 e. The monoisotopic (exact) mass is 216 g/mol. The third-order valence-corrected chi connectivity index (χ3v) is 2.24. The van der Waals surface area contributed by atoms with E-state index in [4.69, 9.17) is 17.3 Å². The first-order valence-electron chi connectivity index (χ1n) is 4.36. The predicted octanol–water partition coefficient (Wildman–Crippen LogP) is 2.04. The zero-order valence-electron chi connectivity index (χ0n) is 8.30. The molecule has 1 atom stereocenters. The lowest BCUT2D eigenvalue weighted by Gasteiger charge is -2.17. The van der Waals surface area contributed by atoms with E-state index in [-0.39, 0.29) is 11.1 Å². The predicted molar refractivity (Wildman–Crippen MR) is 56.9 cm³/mol. The molecule has 0 amide bonds. The normalized spacial score (nSPS) is 13.3. The number of benzene rings is 1. The molecule has 0 bridgehead atoms. The van der Waals surface area contributed by atoms with Gasteiger partial charge in [-0.15, -0.1) is 0 Å². The molecule has 1 unspecified atom stereocenters. The van der Waals surface area contributed by atoms with E-state index in [0.29, 0.717) is 6.54 Å². The highest BCUT2D eigenvalue weighted by molar-refractivity contribution is 6.30. The van der Waals surface area contributed by atoms with Gasteiger partial charge in [0, 0.05) is 12.6 Å². The van der Waals surface area contributed by atoms with Crippen molar-refractivity contribution in [1.82, 2.24) is 4.90 Å². The topological polar surface area (TPSA) is 29.3 Å². The summed E-state index contributed by atoms with van der Waals surface area (Å²) in [6.07, 6.45) is 0. The molecule has 0 fully saturated rings. The Balaban J connectivity index is 2.80. The smallest absolute Gasteiger partial charge is 0.142 e. The average Bonchev–Trinajstić information content (AvgIpc) is 2.08. The minimum atomic E-state index is -0.418. The van der Waals surface area contributed by atoms with E-state index in [1.807, 2.05) is 19.0 Å². The highest BCUT2D eigenvalue weighted by Crippen LogP contribution is 2.19. The second-order valence-corrected chi connectivity index (χ2v) is 3.95. The highest BCUT2D eigenvalue weighted by atomic mass is 35.5. The Hall–Kier alpha value is -0.640. The van der Waals surface area contributed by atoms with E-state index in [2.05, 4.69) is 0 Å². The number of hydrogen-bond acceptors (Lipinski definition) is 2. The Morgan fingerprint density at radius 1 is 1.50 bits per heavy atom. The summed E-state index contributed by atoms with van der Waals surface area (Å²) < 4.78 is 13.1. The van der Waals surface area contributed by atoms with Gasteiger partial charge >= 0.3 is 0 Å². The molecule has 0 spiro atoms. The van der Waals surface area contributed by atoms with Gasteiger partial charge in [0.2, 0.25) is 0 Å². The number of nitrogens with two attached hydrogens (primary N) is 1. The van der Waals surface area contributed by atoms with E-state index >= 15 is 0 Å². The van der Waals surface area contributed by atoms with Gasteiger partial charge in [-0.25, -0.2) is 4.39 Å². The molecule has 2 N–H and O–H groups in total. The van der Waals surface area contributed by atoms with E-state index in [1.54, 1.807) is 6.07 Å². The summed E-state index contributed by atoms with van der Waals surface area (Å²) >= 11 is 5.56. The highest BCUT2D eigenvalue weighted by Gasteiger charge is 2.09. The van der Waals surface area contributed by atoms with E-state index in [1.165, 1.54) is 12.1 Å². The van der Waals surface area contributed by atoms with Crippen molar-refractivity contribution in [2.75, 3.05) is 20.6 Å². The minimum absolute atomic E-state index is 0.130. The molecular weight excluding hydrogens is 203 g/mol. The van der Waals surface area contributed by atoms with Crippen molar-refractivity contribution in [2.45, 2.75) is 6.04 Å². The molecule has 0 saturated carbocycles. The number of rotatable bonds is 3. The van der Waals surface area contributed by atoms with Crippen LogP contribution in [-0.2, 0) is 0 Å². The lowest BCUT2D eigenvalue weighted by molar-refractivity contribution is 0.376. The molecule has 0 radical (unpaired) electrons.